The zero-order valence-electron chi connectivity index (χ0n) is 11.5. The van der Waals surface area contributed by atoms with Crippen LogP contribution in [-0.2, 0) is 4.74 Å². The fourth-order valence-electron chi connectivity index (χ4n) is 1.50. The third-order valence-electron chi connectivity index (χ3n) is 2.59. The van der Waals surface area contributed by atoms with Crippen molar-refractivity contribution >= 4 is 0 Å². The third-order valence-corrected chi connectivity index (χ3v) is 2.59. The largest absolute Gasteiger partial charge is 0.375 e. The lowest BCUT2D eigenvalue weighted by Gasteiger charge is -2.43. The number of rotatable bonds is 4. The zero-order chi connectivity index (χ0) is 12.4. The second-order valence-corrected chi connectivity index (χ2v) is 5.93. The Kier molecular flexibility index (Phi) is 4.77. The van der Waals surface area contributed by atoms with Crippen LogP contribution >= 0.6 is 0 Å². The van der Waals surface area contributed by atoms with Crippen LogP contribution in [0.3, 0.4) is 0 Å². The molecule has 0 amide bonds. The molecule has 0 rings (SSSR count). The second kappa shape index (κ2) is 4.81. The highest BCUT2D eigenvalue weighted by atomic mass is 16.5. The van der Waals surface area contributed by atoms with Crippen molar-refractivity contribution in [2.45, 2.75) is 71.9 Å². The van der Waals surface area contributed by atoms with Gasteiger partial charge in [0.05, 0.1) is 6.10 Å². The minimum Gasteiger partial charge on any atom is -0.375 e. The summed E-state index contributed by atoms with van der Waals surface area (Å²) >= 11 is 0. The van der Waals surface area contributed by atoms with E-state index in [1.165, 1.54) is 0 Å². The van der Waals surface area contributed by atoms with E-state index in [2.05, 4.69) is 20.8 Å². The van der Waals surface area contributed by atoms with Gasteiger partial charge in [-0.1, -0.05) is 0 Å². The van der Waals surface area contributed by atoms with Gasteiger partial charge in [-0.2, -0.15) is 0 Å². The summed E-state index contributed by atoms with van der Waals surface area (Å²) in [6.45, 7) is 14.0. The highest BCUT2D eigenvalue weighted by molar-refractivity contribution is 4.85. The smallest absolute Gasteiger partial charge is 0.136 e. The van der Waals surface area contributed by atoms with Gasteiger partial charge in [0.1, 0.15) is 11.8 Å². The van der Waals surface area contributed by atoms with Gasteiger partial charge in [-0.05, 0) is 55.5 Å². The maximum Gasteiger partial charge on any atom is 0.136 e. The first-order valence-corrected chi connectivity index (χ1v) is 5.57. The summed E-state index contributed by atoms with van der Waals surface area (Å²) in [7, 11) is 1.91. The van der Waals surface area contributed by atoms with Crippen LogP contribution < -0.4 is 0 Å². The molecule has 0 radical (unpaired) electrons. The quantitative estimate of drug-likeness (QED) is 0.733. The fraction of sp³-hybridized carbons (Fsp3) is 1.00. The van der Waals surface area contributed by atoms with Crippen molar-refractivity contribution in [3.8, 4) is 0 Å². The van der Waals surface area contributed by atoms with Gasteiger partial charge in [-0.15, -0.1) is 0 Å². The predicted molar refractivity (Wildman–Crippen MR) is 63.8 cm³/mol. The third kappa shape index (κ3) is 4.49. The lowest BCUT2D eigenvalue weighted by Crippen LogP contribution is -2.56. The van der Waals surface area contributed by atoms with Crippen LogP contribution in [0.25, 0.3) is 0 Å². The number of hydrogen-bond acceptors (Lipinski definition) is 3. The molecule has 1 atom stereocenters. The van der Waals surface area contributed by atoms with E-state index in [0.29, 0.717) is 0 Å². The highest BCUT2D eigenvalue weighted by Gasteiger charge is 2.36. The lowest BCUT2D eigenvalue weighted by atomic mass is 10.00. The number of aliphatic hydroxyl groups is 1. The molecule has 0 heterocycles. The van der Waals surface area contributed by atoms with Crippen LogP contribution in [0.4, 0.5) is 0 Å². The summed E-state index contributed by atoms with van der Waals surface area (Å²) in [6.07, 6.45) is -0.497. The van der Waals surface area contributed by atoms with Crippen LogP contribution in [0.15, 0.2) is 0 Å². The first-order valence-electron chi connectivity index (χ1n) is 5.57. The molecule has 0 aliphatic heterocycles. The number of hydrogen-bond donors (Lipinski definition) is 1. The van der Waals surface area contributed by atoms with Crippen LogP contribution in [0, 0.1) is 0 Å². The van der Waals surface area contributed by atoms with Gasteiger partial charge in [-0.25, -0.2) is 0 Å². The molecule has 0 bridgehead atoms. The number of likely N-dealkylation sites (N-methyl/N-ethyl adjacent to an activating group) is 1. The summed E-state index contributed by atoms with van der Waals surface area (Å²) in [5.74, 6) is 0. The van der Waals surface area contributed by atoms with Crippen molar-refractivity contribution in [2.24, 2.45) is 0 Å². The predicted octanol–water partition coefficient (Wildman–Crippen LogP) is 2.24. The summed E-state index contributed by atoms with van der Waals surface area (Å²) in [6, 6.07) is 0. The topological polar surface area (TPSA) is 32.7 Å². The molecule has 0 saturated heterocycles. The van der Waals surface area contributed by atoms with Crippen LogP contribution in [0.1, 0.15) is 48.5 Å². The van der Waals surface area contributed by atoms with Gasteiger partial charge in [0.25, 0.3) is 0 Å². The summed E-state index contributed by atoms with van der Waals surface area (Å²) < 4.78 is 5.72. The van der Waals surface area contributed by atoms with Crippen molar-refractivity contribution in [3.05, 3.63) is 0 Å². The molecule has 0 aromatic heterocycles. The van der Waals surface area contributed by atoms with E-state index in [9.17, 15) is 5.11 Å². The standard InChI is InChI=1S/C12H27NO2/c1-9(2)15-12(6,7)10(14)13(8)11(3,4)5/h9-10,14H,1-8H3. The SMILES string of the molecule is CC(C)OC(C)(C)C(O)N(C)C(C)(C)C. The van der Waals surface area contributed by atoms with Crippen molar-refractivity contribution in [1.29, 1.82) is 0 Å². The fourth-order valence-corrected chi connectivity index (χ4v) is 1.50. The first-order chi connectivity index (χ1) is 6.48. The molecule has 3 nitrogen and oxygen atoms in total. The Labute approximate surface area is 94.4 Å². The molecule has 0 aliphatic carbocycles. The lowest BCUT2D eigenvalue weighted by molar-refractivity contribution is -0.188. The van der Waals surface area contributed by atoms with E-state index in [1.54, 1.807) is 0 Å². The van der Waals surface area contributed by atoms with Gasteiger partial charge in [0.15, 0.2) is 0 Å². The van der Waals surface area contributed by atoms with E-state index >= 15 is 0 Å². The maximum atomic E-state index is 10.2. The molecule has 3 heteroatoms. The Balaban J connectivity index is 4.61. The average Bonchev–Trinajstić information content (AvgIpc) is 1.97. The van der Waals surface area contributed by atoms with Crippen LogP contribution in [-0.4, -0.2) is 40.5 Å². The molecule has 0 spiro atoms. The van der Waals surface area contributed by atoms with Gasteiger partial charge in [-0.3, -0.25) is 4.90 Å². The van der Waals surface area contributed by atoms with E-state index in [-0.39, 0.29) is 11.6 Å². The van der Waals surface area contributed by atoms with Gasteiger partial charge in [0.2, 0.25) is 0 Å². The molecule has 15 heavy (non-hydrogen) atoms. The molecule has 1 unspecified atom stereocenters. The zero-order valence-corrected chi connectivity index (χ0v) is 11.5. The van der Waals surface area contributed by atoms with E-state index < -0.39 is 11.8 Å². The molecule has 0 fully saturated rings. The molecule has 0 aromatic carbocycles. The summed E-state index contributed by atoms with van der Waals surface area (Å²) in [4.78, 5) is 1.93. The van der Waals surface area contributed by atoms with Crippen molar-refractivity contribution in [2.75, 3.05) is 7.05 Å². The second-order valence-electron chi connectivity index (χ2n) is 5.93. The van der Waals surface area contributed by atoms with Crippen LogP contribution in [0.5, 0.6) is 0 Å². The van der Waals surface area contributed by atoms with E-state index in [0.717, 1.165) is 0 Å². The molecular weight excluding hydrogens is 190 g/mol. The van der Waals surface area contributed by atoms with Crippen molar-refractivity contribution < 1.29 is 9.84 Å². The molecule has 0 aromatic rings. The summed E-state index contributed by atoms with van der Waals surface area (Å²) in [5.41, 5.74) is -0.632. The van der Waals surface area contributed by atoms with Crippen LogP contribution in [0.2, 0.25) is 0 Å². The van der Waals surface area contributed by atoms with Crippen molar-refractivity contribution in [3.63, 3.8) is 0 Å². The van der Waals surface area contributed by atoms with E-state index in [1.807, 2.05) is 39.6 Å². The Morgan fingerprint density at radius 1 is 1.07 bits per heavy atom. The van der Waals surface area contributed by atoms with Gasteiger partial charge < -0.3 is 9.84 Å². The maximum absolute atomic E-state index is 10.2. The average molecular weight is 217 g/mol. The number of ether oxygens (including phenoxy) is 1. The Morgan fingerprint density at radius 3 is 1.73 bits per heavy atom. The van der Waals surface area contributed by atoms with Crippen molar-refractivity contribution in [1.82, 2.24) is 4.90 Å². The normalized spacial score (nSPS) is 16.2. The van der Waals surface area contributed by atoms with Gasteiger partial charge >= 0.3 is 0 Å². The monoisotopic (exact) mass is 217 g/mol. The molecule has 1 N–H and O–H groups in total. The molecule has 0 aliphatic rings. The van der Waals surface area contributed by atoms with Gasteiger partial charge in [0, 0.05) is 5.54 Å². The Bertz CT molecular complexity index is 194. The minimum atomic E-state index is -0.611. The number of aliphatic hydroxyl groups excluding tert-OH is 1. The highest BCUT2D eigenvalue weighted by Crippen LogP contribution is 2.24. The summed E-state index contributed by atoms with van der Waals surface area (Å²) in [5, 5.41) is 10.2. The molecule has 0 saturated carbocycles. The Hall–Kier alpha value is -0.120. The Morgan fingerprint density at radius 2 is 1.47 bits per heavy atom. The first kappa shape index (κ1) is 14.9. The molecule has 92 valence electrons. The number of nitrogens with zero attached hydrogens (tertiary/aromatic N) is 1. The van der Waals surface area contributed by atoms with E-state index in [4.69, 9.17) is 4.74 Å². The molecular formula is C12H27NO2. The minimum absolute atomic E-state index is 0.0724.